The predicted molar refractivity (Wildman–Crippen MR) is 59.9 cm³/mol. The smallest absolute Gasteiger partial charge is 0.127 e. The second-order valence-corrected chi connectivity index (χ2v) is 3.39. The topological polar surface area (TPSA) is 17.1 Å². The molecule has 0 spiro atoms. The van der Waals surface area contributed by atoms with Crippen molar-refractivity contribution in [3.05, 3.63) is 47.5 Å². The number of benzene rings is 1. The molecule has 0 heterocycles. The van der Waals surface area contributed by atoms with Gasteiger partial charge in [-0.25, -0.2) is 0 Å². The molecule has 0 aliphatic rings. The summed E-state index contributed by atoms with van der Waals surface area (Å²) in [6.45, 7) is 7.89. The average molecular weight is 241 g/mol. The molecule has 1 rings (SSSR count). The summed E-state index contributed by atoms with van der Waals surface area (Å²) in [5.74, 6) is 0.00287. The lowest BCUT2D eigenvalue weighted by atomic mass is 10.0. The Labute approximate surface area is 87.6 Å². The van der Waals surface area contributed by atoms with Crippen LogP contribution in [0.5, 0.6) is 0 Å². The highest BCUT2D eigenvalue weighted by molar-refractivity contribution is 9.10. The molecule has 0 radical (unpaired) electrons. The van der Waals surface area contributed by atoms with E-state index in [0.717, 1.165) is 16.3 Å². The van der Waals surface area contributed by atoms with E-state index in [4.69, 9.17) is 0 Å². The third-order valence-electron chi connectivity index (χ3n) is 1.60. The lowest BCUT2D eigenvalue weighted by Gasteiger charge is -2.02. The van der Waals surface area contributed by atoms with Crippen LogP contribution in [0.4, 0.5) is 0 Å². The van der Waals surface area contributed by atoms with E-state index in [2.05, 4.69) is 29.1 Å². The molecule has 0 saturated carbocycles. The molecule has 1 aromatic rings. The summed E-state index contributed by atoms with van der Waals surface area (Å²) in [5.41, 5.74) is 1.06. The van der Waals surface area contributed by atoms with E-state index in [-0.39, 0.29) is 5.92 Å². The molecule has 1 aromatic carbocycles. The van der Waals surface area contributed by atoms with Crippen molar-refractivity contribution in [3.8, 4) is 0 Å². The average Bonchev–Trinajstić information content (AvgIpc) is 2.21. The van der Waals surface area contributed by atoms with Crippen molar-refractivity contribution in [2.45, 2.75) is 12.8 Å². The van der Waals surface area contributed by atoms with Crippen molar-refractivity contribution in [2.75, 3.05) is 0 Å². The molecule has 0 N–H and O–H groups in total. The van der Waals surface area contributed by atoms with Crippen LogP contribution in [0.1, 0.15) is 18.4 Å². The molecule has 1 atom stereocenters. The molecule has 70 valence electrons. The van der Waals surface area contributed by atoms with E-state index in [1.165, 1.54) is 0 Å². The van der Waals surface area contributed by atoms with Crippen molar-refractivity contribution in [1.29, 1.82) is 0 Å². The minimum Gasteiger partial charge on any atom is -0.303 e. The van der Waals surface area contributed by atoms with Gasteiger partial charge in [0.2, 0.25) is 0 Å². The summed E-state index contributed by atoms with van der Waals surface area (Å²) in [5, 5.41) is 0. The number of halogens is 1. The number of carbonyl (C=O) groups excluding carboxylic acids is 1. The Bertz CT molecular complexity index is 253. The third kappa shape index (κ3) is 4.04. The second kappa shape index (κ2) is 6.61. The Hall–Kier alpha value is -0.890. The van der Waals surface area contributed by atoms with Crippen molar-refractivity contribution in [1.82, 2.24) is 0 Å². The molecule has 0 aromatic heterocycles. The van der Waals surface area contributed by atoms with Gasteiger partial charge in [0, 0.05) is 10.4 Å². The molecule has 0 aliphatic heterocycles. The van der Waals surface area contributed by atoms with E-state index in [0.29, 0.717) is 0 Å². The first-order chi connectivity index (χ1) is 6.24. The summed E-state index contributed by atoms with van der Waals surface area (Å²) in [7, 11) is 0. The van der Waals surface area contributed by atoms with Gasteiger partial charge in [-0.05, 0) is 17.7 Å². The molecule has 0 amide bonds. The van der Waals surface area contributed by atoms with Crippen molar-refractivity contribution in [2.24, 2.45) is 0 Å². The minimum atomic E-state index is 0.00287. The zero-order valence-electron chi connectivity index (χ0n) is 7.66. The highest BCUT2D eigenvalue weighted by Crippen LogP contribution is 2.16. The van der Waals surface area contributed by atoms with Crippen LogP contribution in [0.25, 0.3) is 0 Å². The number of rotatable bonds is 2. The molecule has 0 bridgehead atoms. The van der Waals surface area contributed by atoms with Gasteiger partial charge in [-0.15, -0.1) is 13.2 Å². The summed E-state index contributed by atoms with van der Waals surface area (Å²) < 4.78 is 1.04. The minimum absolute atomic E-state index is 0.00287. The molecule has 2 heteroatoms. The highest BCUT2D eigenvalue weighted by Gasteiger charge is 2.01. The van der Waals surface area contributed by atoms with E-state index in [1.54, 1.807) is 0 Å². The van der Waals surface area contributed by atoms with Gasteiger partial charge in [-0.1, -0.05) is 35.0 Å². The van der Waals surface area contributed by atoms with Crippen LogP contribution in [-0.4, -0.2) is 6.29 Å². The summed E-state index contributed by atoms with van der Waals surface area (Å²) >= 11 is 3.33. The van der Waals surface area contributed by atoms with Crippen LogP contribution < -0.4 is 0 Å². The normalized spacial score (nSPS) is 10.9. The Morgan fingerprint density at radius 2 is 1.77 bits per heavy atom. The first-order valence-corrected chi connectivity index (χ1v) is 4.74. The van der Waals surface area contributed by atoms with Gasteiger partial charge >= 0.3 is 0 Å². The molecule has 0 saturated heterocycles. The molecular weight excluding hydrogens is 228 g/mol. The fraction of sp³-hybridized carbons (Fsp3) is 0.182. The van der Waals surface area contributed by atoms with Crippen LogP contribution in [0.3, 0.4) is 0 Å². The van der Waals surface area contributed by atoms with Crippen molar-refractivity contribution < 1.29 is 4.79 Å². The number of hydrogen-bond donors (Lipinski definition) is 0. The lowest BCUT2D eigenvalue weighted by Crippen LogP contribution is -1.92. The Morgan fingerprint density at radius 1 is 1.31 bits per heavy atom. The maximum absolute atomic E-state index is 10.4. The van der Waals surface area contributed by atoms with Crippen LogP contribution in [-0.2, 0) is 4.79 Å². The van der Waals surface area contributed by atoms with Gasteiger partial charge in [0.05, 0.1) is 0 Å². The van der Waals surface area contributed by atoms with Gasteiger partial charge < -0.3 is 4.79 Å². The zero-order chi connectivity index (χ0) is 10.3. The van der Waals surface area contributed by atoms with Crippen molar-refractivity contribution in [3.63, 3.8) is 0 Å². The van der Waals surface area contributed by atoms with E-state index >= 15 is 0 Å². The standard InChI is InChI=1S/C9H9BrO.C2H4/c1-7(6-11)8-2-4-9(10)5-3-8;1-2/h2-7H,1H3;1-2H2. The first kappa shape index (κ1) is 12.1. The van der Waals surface area contributed by atoms with Gasteiger partial charge in [-0.2, -0.15) is 0 Å². The lowest BCUT2D eigenvalue weighted by molar-refractivity contribution is -0.108. The number of hydrogen-bond acceptors (Lipinski definition) is 1. The number of carbonyl (C=O) groups is 1. The second-order valence-electron chi connectivity index (χ2n) is 2.48. The van der Waals surface area contributed by atoms with Gasteiger partial charge in [0.1, 0.15) is 6.29 Å². The SMILES string of the molecule is C=C.CC(C=O)c1ccc(Br)cc1. The Balaban J connectivity index is 0.000000671. The molecule has 1 unspecified atom stereocenters. The molecule has 0 fully saturated rings. The van der Waals surface area contributed by atoms with Crippen molar-refractivity contribution >= 4 is 22.2 Å². The molecular formula is C11H13BrO. The van der Waals surface area contributed by atoms with Crippen LogP contribution in [0, 0.1) is 0 Å². The van der Waals surface area contributed by atoms with Gasteiger partial charge in [0.25, 0.3) is 0 Å². The predicted octanol–water partition coefficient (Wildman–Crippen LogP) is 3.55. The monoisotopic (exact) mass is 240 g/mol. The first-order valence-electron chi connectivity index (χ1n) is 3.95. The Kier molecular flexibility index (Phi) is 6.15. The number of aldehydes is 1. The van der Waals surface area contributed by atoms with E-state index in [9.17, 15) is 4.79 Å². The molecule has 0 aliphatic carbocycles. The highest BCUT2D eigenvalue weighted by atomic mass is 79.9. The molecule has 1 nitrogen and oxygen atoms in total. The maximum atomic E-state index is 10.4. The summed E-state index contributed by atoms with van der Waals surface area (Å²) in [4.78, 5) is 10.4. The Morgan fingerprint density at radius 3 is 2.15 bits per heavy atom. The summed E-state index contributed by atoms with van der Waals surface area (Å²) in [6, 6.07) is 7.77. The van der Waals surface area contributed by atoms with Crippen LogP contribution in [0.15, 0.2) is 41.9 Å². The van der Waals surface area contributed by atoms with E-state index < -0.39 is 0 Å². The zero-order valence-corrected chi connectivity index (χ0v) is 9.25. The maximum Gasteiger partial charge on any atom is 0.127 e. The van der Waals surface area contributed by atoms with Crippen LogP contribution in [0.2, 0.25) is 0 Å². The fourth-order valence-electron chi connectivity index (χ4n) is 0.845. The molecule has 13 heavy (non-hydrogen) atoms. The quantitative estimate of drug-likeness (QED) is 0.571. The van der Waals surface area contributed by atoms with Gasteiger partial charge in [0.15, 0.2) is 0 Å². The third-order valence-corrected chi connectivity index (χ3v) is 2.13. The van der Waals surface area contributed by atoms with Gasteiger partial charge in [-0.3, -0.25) is 0 Å². The fourth-order valence-corrected chi connectivity index (χ4v) is 1.11. The van der Waals surface area contributed by atoms with Crippen LogP contribution >= 0.6 is 15.9 Å². The summed E-state index contributed by atoms with van der Waals surface area (Å²) in [6.07, 6.45) is 0.948. The van der Waals surface area contributed by atoms with E-state index in [1.807, 2.05) is 31.2 Å². The largest absolute Gasteiger partial charge is 0.303 e.